The Morgan fingerprint density at radius 2 is 2.21 bits per heavy atom. The van der Waals surface area contributed by atoms with Crippen molar-refractivity contribution in [2.75, 3.05) is 24.3 Å². The summed E-state index contributed by atoms with van der Waals surface area (Å²) in [6, 6.07) is 5.88. The molecule has 0 amide bonds. The van der Waals surface area contributed by atoms with Crippen LogP contribution < -0.4 is 15.4 Å². The molecule has 2 N–H and O–H groups in total. The molecule has 0 aliphatic heterocycles. The number of rotatable bonds is 6. The molecule has 0 spiro atoms. The van der Waals surface area contributed by atoms with E-state index in [2.05, 4.69) is 33.6 Å². The normalized spacial score (nSPS) is 10.4. The van der Waals surface area contributed by atoms with E-state index in [-0.39, 0.29) is 0 Å². The van der Waals surface area contributed by atoms with Gasteiger partial charge in [-0.1, -0.05) is 6.92 Å². The van der Waals surface area contributed by atoms with Crippen LogP contribution in [0.25, 0.3) is 0 Å². The lowest BCUT2D eigenvalue weighted by atomic mass is 10.3. The number of anilines is 2. The van der Waals surface area contributed by atoms with E-state index in [1.807, 2.05) is 19.2 Å². The third-order valence-electron chi connectivity index (χ3n) is 2.71. The average Bonchev–Trinajstić information content (AvgIpc) is 2.90. The molecule has 19 heavy (non-hydrogen) atoms. The lowest BCUT2D eigenvalue weighted by molar-refractivity contribution is 0.307. The Morgan fingerprint density at radius 3 is 2.89 bits per heavy atom. The molecule has 2 aromatic heterocycles. The van der Waals surface area contributed by atoms with Gasteiger partial charge in [0.25, 0.3) is 0 Å². The van der Waals surface area contributed by atoms with Crippen LogP contribution in [0.4, 0.5) is 11.5 Å². The minimum absolute atomic E-state index is 0.525. The van der Waals surface area contributed by atoms with Gasteiger partial charge in [0.1, 0.15) is 5.82 Å². The van der Waals surface area contributed by atoms with Gasteiger partial charge in [-0.2, -0.15) is 16.3 Å². The number of thiophene rings is 1. The zero-order valence-electron chi connectivity index (χ0n) is 11.3. The number of ether oxygens (including phenoxy) is 1. The van der Waals surface area contributed by atoms with Crippen molar-refractivity contribution in [2.45, 2.75) is 19.9 Å². The summed E-state index contributed by atoms with van der Waals surface area (Å²) < 4.78 is 5.55. The van der Waals surface area contributed by atoms with Crippen LogP contribution in [0.15, 0.2) is 29.0 Å². The van der Waals surface area contributed by atoms with E-state index < -0.39 is 0 Å². The second-order valence-electron chi connectivity index (χ2n) is 4.40. The summed E-state index contributed by atoms with van der Waals surface area (Å²) in [5.74, 6) is 1.39. The van der Waals surface area contributed by atoms with Crippen LogP contribution in [0.3, 0.4) is 0 Å². The lowest BCUT2D eigenvalue weighted by Gasteiger charge is -2.18. The van der Waals surface area contributed by atoms with Crippen molar-refractivity contribution in [3.05, 3.63) is 34.5 Å². The Balaban J connectivity index is 2.10. The van der Waals surface area contributed by atoms with Gasteiger partial charge < -0.3 is 15.4 Å². The van der Waals surface area contributed by atoms with Crippen molar-refractivity contribution in [2.24, 2.45) is 0 Å². The highest BCUT2D eigenvalue weighted by Gasteiger charge is 2.08. The van der Waals surface area contributed by atoms with Crippen LogP contribution in [-0.4, -0.2) is 18.6 Å². The number of aromatic nitrogens is 1. The van der Waals surface area contributed by atoms with Gasteiger partial charge in [0.05, 0.1) is 12.3 Å². The Hall–Kier alpha value is -1.75. The Labute approximate surface area is 117 Å². The molecule has 0 atom stereocenters. The minimum atomic E-state index is 0.525. The molecule has 102 valence electrons. The smallest absolute Gasteiger partial charge is 0.239 e. The molecule has 0 aliphatic carbocycles. The molecule has 2 heterocycles. The number of hydrogen-bond donors (Lipinski definition) is 1. The molecule has 0 unspecified atom stereocenters. The van der Waals surface area contributed by atoms with Crippen molar-refractivity contribution in [1.29, 1.82) is 0 Å². The molecule has 4 nitrogen and oxygen atoms in total. The van der Waals surface area contributed by atoms with Crippen LogP contribution in [0, 0.1) is 0 Å². The van der Waals surface area contributed by atoms with Crippen LogP contribution in [-0.2, 0) is 6.54 Å². The summed E-state index contributed by atoms with van der Waals surface area (Å²) >= 11 is 1.70. The Kier molecular flexibility index (Phi) is 4.63. The fourth-order valence-corrected chi connectivity index (χ4v) is 2.37. The second kappa shape index (κ2) is 6.43. The van der Waals surface area contributed by atoms with Crippen LogP contribution in [0.2, 0.25) is 0 Å². The molecule has 0 radical (unpaired) electrons. The fourth-order valence-electron chi connectivity index (χ4n) is 1.71. The summed E-state index contributed by atoms with van der Waals surface area (Å²) in [6.07, 6.45) is 0.941. The maximum Gasteiger partial charge on any atom is 0.239 e. The second-order valence-corrected chi connectivity index (χ2v) is 5.18. The highest BCUT2D eigenvalue weighted by Crippen LogP contribution is 2.23. The summed E-state index contributed by atoms with van der Waals surface area (Å²) in [7, 11) is 2.01. The van der Waals surface area contributed by atoms with Crippen molar-refractivity contribution >= 4 is 22.8 Å². The number of nitrogens with zero attached hydrogens (tertiary/aromatic N) is 2. The standard InChI is InChI=1S/C14H19N3OS/c1-3-7-18-14-12(15)4-5-13(16-14)17(2)9-11-6-8-19-10-11/h4-6,8,10H,3,7,9,15H2,1-2H3. The number of hydrogen-bond acceptors (Lipinski definition) is 5. The first-order chi connectivity index (χ1) is 9.20. The number of pyridine rings is 1. The number of nitrogen functional groups attached to an aromatic ring is 1. The predicted octanol–water partition coefficient (Wildman–Crippen LogP) is 3.15. The van der Waals surface area contributed by atoms with Crippen LogP contribution >= 0.6 is 11.3 Å². The summed E-state index contributed by atoms with van der Waals surface area (Å²) in [6.45, 7) is 3.52. The van der Waals surface area contributed by atoms with Crippen LogP contribution in [0.1, 0.15) is 18.9 Å². The zero-order valence-corrected chi connectivity index (χ0v) is 12.1. The Bertz CT molecular complexity index is 513. The fraction of sp³-hybridized carbons (Fsp3) is 0.357. The minimum Gasteiger partial charge on any atom is -0.476 e. The molecule has 0 bridgehead atoms. The molecule has 5 heteroatoms. The van der Waals surface area contributed by atoms with Gasteiger partial charge in [-0.25, -0.2) is 0 Å². The van der Waals surface area contributed by atoms with E-state index >= 15 is 0 Å². The monoisotopic (exact) mass is 277 g/mol. The molecule has 0 saturated carbocycles. The summed E-state index contributed by atoms with van der Waals surface area (Å²) in [5.41, 5.74) is 7.73. The largest absolute Gasteiger partial charge is 0.476 e. The van der Waals surface area contributed by atoms with Gasteiger partial charge in [-0.15, -0.1) is 0 Å². The maximum atomic E-state index is 5.86. The predicted molar refractivity (Wildman–Crippen MR) is 80.9 cm³/mol. The molecule has 0 saturated heterocycles. The molecule has 2 rings (SSSR count). The third-order valence-corrected chi connectivity index (χ3v) is 3.44. The van der Waals surface area contributed by atoms with E-state index in [1.54, 1.807) is 11.3 Å². The lowest BCUT2D eigenvalue weighted by Crippen LogP contribution is -2.17. The average molecular weight is 277 g/mol. The maximum absolute atomic E-state index is 5.86. The van der Waals surface area contributed by atoms with Gasteiger partial charge in [0.15, 0.2) is 0 Å². The van der Waals surface area contributed by atoms with Gasteiger partial charge in [-0.3, -0.25) is 0 Å². The molecular weight excluding hydrogens is 258 g/mol. The van der Waals surface area contributed by atoms with Gasteiger partial charge in [-0.05, 0) is 40.9 Å². The van der Waals surface area contributed by atoms with E-state index in [9.17, 15) is 0 Å². The van der Waals surface area contributed by atoms with Crippen molar-refractivity contribution in [3.63, 3.8) is 0 Å². The molecular formula is C14H19N3OS. The summed E-state index contributed by atoms with van der Waals surface area (Å²) in [4.78, 5) is 6.56. The first kappa shape index (κ1) is 13.7. The zero-order chi connectivity index (χ0) is 13.7. The highest BCUT2D eigenvalue weighted by molar-refractivity contribution is 7.07. The SMILES string of the molecule is CCCOc1nc(N(C)Cc2ccsc2)ccc1N. The van der Waals surface area contributed by atoms with E-state index in [4.69, 9.17) is 10.5 Å². The van der Waals surface area contributed by atoms with Crippen LogP contribution in [0.5, 0.6) is 5.88 Å². The van der Waals surface area contributed by atoms with Gasteiger partial charge >= 0.3 is 0 Å². The Morgan fingerprint density at radius 1 is 1.37 bits per heavy atom. The first-order valence-electron chi connectivity index (χ1n) is 6.32. The van der Waals surface area contributed by atoms with Crippen molar-refractivity contribution in [1.82, 2.24) is 4.98 Å². The molecule has 0 aliphatic rings. The first-order valence-corrected chi connectivity index (χ1v) is 7.26. The van der Waals surface area contributed by atoms with Crippen molar-refractivity contribution < 1.29 is 4.74 Å². The van der Waals surface area contributed by atoms with Crippen molar-refractivity contribution in [3.8, 4) is 5.88 Å². The topological polar surface area (TPSA) is 51.4 Å². The molecule has 2 aromatic rings. The molecule has 0 fully saturated rings. The highest BCUT2D eigenvalue weighted by atomic mass is 32.1. The number of nitrogens with two attached hydrogens (primary N) is 1. The van der Waals surface area contributed by atoms with Gasteiger partial charge in [0.2, 0.25) is 5.88 Å². The van der Waals surface area contributed by atoms with E-state index in [1.165, 1.54) is 5.56 Å². The quantitative estimate of drug-likeness (QED) is 0.881. The van der Waals surface area contributed by atoms with E-state index in [0.717, 1.165) is 18.8 Å². The van der Waals surface area contributed by atoms with Gasteiger partial charge in [0, 0.05) is 13.6 Å². The summed E-state index contributed by atoms with van der Waals surface area (Å²) in [5, 5.41) is 4.22. The third kappa shape index (κ3) is 3.61. The molecule has 0 aromatic carbocycles. The van der Waals surface area contributed by atoms with E-state index in [0.29, 0.717) is 18.2 Å².